The van der Waals surface area contributed by atoms with Gasteiger partial charge in [-0.2, -0.15) is 0 Å². The fourth-order valence-electron chi connectivity index (χ4n) is 0.865. The predicted octanol–water partition coefficient (Wildman–Crippen LogP) is 0.502. The molecule has 0 radical (unpaired) electrons. The van der Waals surface area contributed by atoms with Crippen LogP contribution in [0.4, 0.5) is 5.82 Å². The highest BCUT2D eigenvalue weighted by molar-refractivity contribution is 6.37. The average Bonchev–Trinajstić information content (AvgIpc) is 2.16. The Morgan fingerprint density at radius 2 is 2.21 bits per heavy atom. The van der Waals surface area contributed by atoms with Crippen LogP contribution in [0.5, 0.6) is 0 Å². The number of ether oxygens (including phenoxy) is 1. The molecule has 5 heteroatoms. The summed E-state index contributed by atoms with van der Waals surface area (Å²) < 4.78 is 4.24. The summed E-state index contributed by atoms with van der Waals surface area (Å²) in [6.07, 6.45) is 1.54. The third-order valence-electron chi connectivity index (χ3n) is 1.53. The van der Waals surface area contributed by atoms with Gasteiger partial charge < -0.3 is 10.1 Å². The Kier molecular flexibility index (Phi) is 3.17. The molecule has 1 N–H and O–H groups in total. The molecule has 0 unspecified atom stereocenters. The lowest BCUT2D eigenvalue weighted by Crippen LogP contribution is -2.24. The first-order valence-electron chi connectivity index (χ1n) is 3.95. The number of aryl methyl sites for hydroxylation is 1. The molecule has 14 heavy (non-hydrogen) atoms. The molecule has 0 aliphatic carbocycles. The summed E-state index contributed by atoms with van der Waals surface area (Å²) in [5, 5.41) is 2.31. The molecular formula is C9H10N2O3. The summed E-state index contributed by atoms with van der Waals surface area (Å²) in [5.41, 5.74) is 0.945. The quantitative estimate of drug-likeness (QED) is 0.522. The van der Waals surface area contributed by atoms with Crippen LogP contribution in [-0.4, -0.2) is 24.0 Å². The van der Waals surface area contributed by atoms with Gasteiger partial charge >= 0.3 is 11.9 Å². The SMILES string of the molecule is COC(=O)C(=O)Nc1cc(C)ccn1. The number of carbonyl (C=O) groups is 2. The molecular weight excluding hydrogens is 184 g/mol. The van der Waals surface area contributed by atoms with E-state index in [4.69, 9.17) is 0 Å². The van der Waals surface area contributed by atoms with Crippen LogP contribution in [0.3, 0.4) is 0 Å². The van der Waals surface area contributed by atoms with Crippen LogP contribution in [0, 0.1) is 6.92 Å². The van der Waals surface area contributed by atoms with Crippen molar-refractivity contribution in [2.24, 2.45) is 0 Å². The number of methoxy groups -OCH3 is 1. The Labute approximate surface area is 81.1 Å². The van der Waals surface area contributed by atoms with Crippen molar-refractivity contribution in [3.8, 4) is 0 Å². The van der Waals surface area contributed by atoms with Crippen molar-refractivity contribution in [3.05, 3.63) is 23.9 Å². The number of rotatable bonds is 1. The predicted molar refractivity (Wildman–Crippen MR) is 49.6 cm³/mol. The summed E-state index contributed by atoms with van der Waals surface area (Å²) in [7, 11) is 1.14. The van der Waals surface area contributed by atoms with Crippen molar-refractivity contribution in [2.45, 2.75) is 6.92 Å². The highest BCUT2D eigenvalue weighted by atomic mass is 16.5. The molecule has 0 aliphatic rings. The molecule has 0 aromatic carbocycles. The van der Waals surface area contributed by atoms with Gasteiger partial charge in [-0.15, -0.1) is 0 Å². The minimum atomic E-state index is -0.937. The van der Waals surface area contributed by atoms with Gasteiger partial charge in [0.1, 0.15) is 5.82 Å². The number of amides is 1. The van der Waals surface area contributed by atoms with E-state index in [1.807, 2.05) is 6.92 Å². The smallest absolute Gasteiger partial charge is 0.396 e. The Balaban J connectivity index is 2.70. The minimum Gasteiger partial charge on any atom is -0.462 e. The Morgan fingerprint density at radius 3 is 2.79 bits per heavy atom. The largest absolute Gasteiger partial charge is 0.462 e. The van der Waals surface area contributed by atoms with Gasteiger partial charge in [0.2, 0.25) is 0 Å². The number of esters is 1. The molecule has 0 spiro atoms. The summed E-state index contributed by atoms with van der Waals surface area (Å²) in [4.78, 5) is 25.6. The molecule has 0 atom stereocenters. The molecule has 0 aliphatic heterocycles. The van der Waals surface area contributed by atoms with Gasteiger partial charge in [-0.05, 0) is 24.6 Å². The fraction of sp³-hybridized carbons (Fsp3) is 0.222. The number of hydrogen-bond acceptors (Lipinski definition) is 4. The van der Waals surface area contributed by atoms with Crippen LogP contribution in [-0.2, 0) is 14.3 Å². The van der Waals surface area contributed by atoms with Crippen molar-refractivity contribution in [3.63, 3.8) is 0 Å². The molecule has 1 rings (SSSR count). The maximum atomic E-state index is 11.0. The lowest BCUT2D eigenvalue weighted by Gasteiger charge is -2.02. The van der Waals surface area contributed by atoms with Crippen molar-refractivity contribution >= 4 is 17.7 Å². The van der Waals surface area contributed by atoms with Gasteiger partial charge in [-0.25, -0.2) is 9.78 Å². The Bertz CT molecular complexity index is 363. The Morgan fingerprint density at radius 1 is 1.50 bits per heavy atom. The maximum Gasteiger partial charge on any atom is 0.396 e. The fourth-order valence-corrected chi connectivity index (χ4v) is 0.865. The van der Waals surface area contributed by atoms with Crippen molar-refractivity contribution in [1.29, 1.82) is 0 Å². The molecule has 0 saturated carbocycles. The molecule has 74 valence electrons. The first-order valence-corrected chi connectivity index (χ1v) is 3.95. The van der Waals surface area contributed by atoms with Crippen LogP contribution >= 0.6 is 0 Å². The van der Waals surface area contributed by atoms with E-state index in [0.29, 0.717) is 5.82 Å². The molecule has 0 saturated heterocycles. The van der Waals surface area contributed by atoms with E-state index in [1.54, 1.807) is 18.3 Å². The van der Waals surface area contributed by atoms with Crippen LogP contribution in [0.15, 0.2) is 18.3 Å². The third kappa shape index (κ3) is 2.55. The van der Waals surface area contributed by atoms with Crippen LogP contribution in [0.1, 0.15) is 5.56 Å². The number of nitrogens with one attached hydrogen (secondary N) is 1. The lowest BCUT2D eigenvalue weighted by molar-refractivity contribution is -0.150. The minimum absolute atomic E-state index is 0.334. The van der Waals surface area contributed by atoms with Crippen molar-refractivity contribution < 1.29 is 14.3 Å². The highest BCUT2D eigenvalue weighted by Gasteiger charge is 2.13. The second kappa shape index (κ2) is 4.36. The van der Waals surface area contributed by atoms with Crippen molar-refractivity contribution in [2.75, 3.05) is 12.4 Å². The number of aromatic nitrogens is 1. The summed E-state index contributed by atoms with van der Waals surface area (Å²) >= 11 is 0. The number of carbonyl (C=O) groups excluding carboxylic acids is 2. The van der Waals surface area contributed by atoms with Gasteiger partial charge in [0.05, 0.1) is 7.11 Å². The van der Waals surface area contributed by atoms with Crippen LogP contribution in [0.2, 0.25) is 0 Å². The zero-order valence-electron chi connectivity index (χ0n) is 7.90. The average molecular weight is 194 g/mol. The molecule has 0 fully saturated rings. The first-order chi connectivity index (χ1) is 6.63. The van der Waals surface area contributed by atoms with E-state index >= 15 is 0 Å². The van der Waals surface area contributed by atoms with Gasteiger partial charge in [0, 0.05) is 6.20 Å². The molecule has 5 nitrogen and oxygen atoms in total. The molecule has 1 heterocycles. The van der Waals surface area contributed by atoms with Crippen molar-refractivity contribution in [1.82, 2.24) is 4.98 Å². The first kappa shape index (κ1) is 10.2. The monoisotopic (exact) mass is 194 g/mol. The summed E-state index contributed by atoms with van der Waals surface area (Å²) in [6.45, 7) is 1.86. The number of anilines is 1. The second-order valence-electron chi connectivity index (χ2n) is 2.66. The molecule has 1 amide bonds. The normalized spacial score (nSPS) is 9.29. The molecule has 1 aromatic rings. The van der Waals surface area contributed by atoms with Gasteiger partial charge in [-0.3, -0.25) is 4.79 Å². The number of hydrogen-bond donors (Lipinski definition) is 1. The summed E-state index contributed by atoms with van der Waals surface area (Å²) in [6, 6.07) is 3.44. The zero-order valence-corrected chi connectivity index (χ0v) is 7.90. The standard InChI is InChI=1S/C9H10N2O3/c1-6-3-4-10-7(5-6)11-8(12)9(13)14-2/h3-5H,1-2H3,(H,10,11,12). The Hall–Kier alpha value is -1.91. The number of nitrogens with zero attached hydrogens (tertiary/aromatic N) is 1. The van der Waals surface area contributed by atoms with Crippen LogP contribution < -0.4 is 5.32 Å². The maximum absolute atomic E-state index is 11.0. The van der Waals surface area contributed by atoms with E-state index in [9.17, 15) is 9.59 Å². The summed E-state index contributed by atoms with van der Waals surface area (Å²) in [5.74, 6) is -1.43. The van der Waals surface area contributed by atoms with E-state index in [2.05, 4.69) is 15.0 Å². The van der Waals surface area contributed by atoms with Crippen LogP contribution in [0.25, 0.3) is 0 Å². The topological polar surface area (TPSA) is 68.3 Å². The van der Waals surface area contributed by atoms with E-state index in [1.165, 1.54) is 0 Å². The highest BCUT2D eigenvalue weighted by Crippen LogP contribution is 2.04. The number of pyridine rings is 1. The van der Waals surface area contributed by atoms with E-state index in [0.717, 1.165) is 12.7 Å². The lowest BCUT2D eigenvalue weighted by atomic mass is 10.3. The zero-order chi connectivity index (χ0) is 10.6. The van der Waals surface area contributed by atoms with E-state index in [-0.39, 0.29) is 0 Å². The van der Waals surface area contributed by atoms with Gasteiger partial charge in [0.25, 0.3) is 0 Å². The van der Waals surface area contributed by atoms with Gasteiger partial charge in [-0.1, -0.05) is 0 Å². The molecule has 0 bridgehead atoms. The third-order valence-corrected chi connectivity index (χ3v) is 1.53. The molecule has 1 aromatic heterocycles. The van der Waals surface area contributed by atoms with Gasteiger partial charge in [0.15, 0.2) is 0 Å². The van der Waals surface area contributed by atoms with E-state index < -0.39 is 11.9 Å². The second-order valence-corrected chi connectivity index (χ2v) is 2.66.